The number of hydrogen-bond donors (Lipinski definition) is 0. The summed E-state index contributed by atoms with van der Waals surface area (Å²) in [6, 6.07) is 19.0. The van der Waals surface area contributed by atoms with Gasteiger partial charge in [-0.2, -0.15) is 0 Å². The molecule has 0 bridgehead atoms. The highest BCUT2D eigenvalue weighted by Crippen LogP contribution is 2.44. The molecule has 0 N–H and O–H groups in total. The molecule has 0 spiro atoms. The predicted octanol–water partition coefficient (Wildman–Crippen LogP) is 7.87. The van der Waals surface area contributed by atoms with E-state index in [-0.39, 0.29) is 21.7 Å². The van der Waals surface area contributed by atoms with Crippen molar-refractivity contribution in [1.82, 2.24) is 0 Å². The van der Waals surface area contributed by atoms with E-state index in [1.54, 1.807) is 6.07 Å². The molecule has 3 aromatic carbocycles. The average molecular weight is 517 g/mol. The van der Waals surface area contributed by atoms with E-state index in [9.17, 15) is 9.79 Å². The van der Waals surface area contributed by atoms with Gasteiger partial charge in [0.15, 0.2) is 0 Å². The van der Waals surface area contributed by atoms with Crippen molar-refractivity contribution >= 4 is 13.7 Å². The smallest absolute Gasteiger partial charge is 0.00502 e. The molecule has 0 saturated heterocycles. The van der Waals surface area contributed by atoms with Crippen LogP contribution in [0.5, 0.6) is 0 Å². The maximum absolute atomic E-state index is 12.7. The third kappa shape index (κ3) is 6.36. The van der Waals surface area contributed by atoms with Crippen LogP contribution >= 0.6 is 8.38 Å². The lowest BCUT2D eigenvalue weighted by Crippen LogP contribution is -2.24. The Morgan fingerprint density at radius 1 is 0.486 bits per heavy atom. The van der Waals surface area contributed by atoms with Gasteiger partial charge in [0, 0.05) is 0 Å². The third-order valence-corrected chi connectivity index (χ3v) is 7.95. The van der Waals surface area contributed by atoms with Crippen LogP contribution in [-0.2, 0) is 21.7 Å². The van der Waals surface area contributed by atoms with Crippen molar-refractivity contribution < 1.29 is 9.79 Å². The van der Waals surface area contributed by atoms with Gasteiger partial charge < -0.3 is 9.79 Å². The number of benzene rings is 3. The Balaban J connectivity index is 2.48. The van der Waals surface area contributed by atoms with E-state index in [1.165, 1.54) is 16.7 Å². The predicted molar refractivity (Wildman–Crippen MR) is 159 cm³/mol. The van der Waals surface area contributed by atoms with Crippen molar-refractivity contribution in [3.63, 3.8) is 0 Å². The van der Waals surface area contributed by atoms with E-state index in [2.05, 4.69) is 126 Å². The van der Waals surface area contributed by atoms with Crippen LogP contribution in [0.3, 0.4) is 0 Å². The zero-order chi connectivity index (χ0) is 28.1. The van der Waals surface area contributed by atoms with E-state index < -0.39 is 8.38 Å². The largest absolute Gasteiger partial charge is 0.838 e. The minimum atomic E-state index is -2.79. The summed E-state index contributed by atoms with van der Waals surface area (Å²) in [5.41, 5.74) is 8.49. The first-order valence-electron chi connectivity index (χ1n) is 13.3. The van der Waals surface area contributed by atoms with Crippen LogP contribution in [0, 0.1) is 0 Å². The van der Waals surface area contributed by atoms with Gasteiger partial charge in [-0.3, -0.25) is 8.38 Å². The Morgan fingerprint density at radius 2 is 0.919 bits per heavy atom. The molecular formula is C34H45O2P-2. The first-order chi connectivity index (χ1) is 16.7. The summed E-state index contributed by atoms with van der Waals surface area (Å²) in [5.74, 6) is 0. The van der Waals surface area contributed by atoms with Crippen LogP contribution in [0.2, 0.25) is 0 Å². The van der Waals surface area contributed by atoms with Gasteiger partial charge in [0.1, 0.15) is 0 Å². The molecular weight excluding hydrogens is 471 g/mol. The molecule has 0 fully saturated rings. The second kappa shape index (κ2) is 9.96. The SMILES string of the molecule is CC(C)(C)c1ccc(-c2cccc(P([O-])[O-])c2-c2ccc(C(C)(C)C)cc2C(C)(C)C)c(C(C)(C)C)c1. The Morgan fingerprint density at radius 3 is 1.32 bits per heavy atom. The Kier molecular flexibility index (Phi) is 7.96. The van der Waals surface area contributed by atoms with Gasteiger partial charge in [0.25, 0.3) is 0 Å². The third-order valence-electron chi connectivity index (χ3n) is 7.19. The molecule has 0 atom stereocenters. The number of hydrogen-bond acceptors (Lipinski definition) is 2. The Labute approximate surface area is 227 Å². The lowest BCUT2D eigenvalue weighted by molar-refractivity contribution is -0.287. The summed E-state index contributed by atoms with van der Waals surface area (Å²) in [6.07, 6.45) is 0. The molecule has 200 valence electrons. The first kappa shape index (κ1) is 29.6. The summed E-state index contributed by atoms with van der Waals surface area (Å²) >= 11 is 0. The molecule has 0 saturated carbocycles. The Hall–Kier alpha value is -1.99. The maximum Gasteiger partial charge on any atom is -0.00502 e. The molecule has 3 aromatic rings. The molecule has 0 aliphatic heterocycles. The topological polar surface area (TPSA) is 46.1 Å². The number of rotatable bonds is 3. The van der Waals surface area contributed by atoms with Crippen LogP contribution in [0.1, 0.15) is 105 Å². The van der Waals surface area contributed by atoms with Crippen LogP contribution in [0.25, 0.3) is 22.3 Å². The van der Waals surface area contributed by atoms with E-state index in [0.29, 0.717) is 5.30 Å². The summed E-state index contributed by atoms with van der Waals surface area (Å²) < 4.78 is 0. The molecule has 37 heavy (non-hydrogen) atoms. The summed E-state index contributed by atoms with van der Waals surface area (Å²) in [5, 5.41) is 0.376. The molecule has 3 heteroatoms. The van der Waals surface area contributed by atoms with Crippen LogP contribution in [0.15, 0.2) is 54.6 Å². The molecule has 0 aliphatic rings. The molecule has 0 amide bonds. The Bertz CT molecular complexity index is 1270. The van der Waals surface area contributed by atoms with Gasteiger partial charge in [-0.1, -0.05) is 138 Å². The van der Waals surface area contributed by atoms with Gasteiger partial charge in [-0.25, -0.2) is 0 Å². The second-order valence-corrected chi connectivity index (χ2v) is 15.5. The lowest BCUT2D eigenvalue weighted by Gasteiger charge is -2.37. The van der Waals surface area contributed by atoms with Gasteiger partial charge in [0.2, 0.25) is 0 Å². The van der Waals surface area contributed by atoms with Gasteiger partial charge >= 0.3 is 0 Å². The molecule has 0 aromatic heterocycles. The van der Waals surface area contributed by atoms with Crippen molar-refractivity contribution in [2.45, 2.75) is 105 Å². The second-order valence-electron chi connectivity index (χ2n) is 14.5. The molecule has 0 radical (unpaired) electrons. The van der Waals surface area contributed by atoms with E-state index in [0.717, 1.165) is 27.8 Å². The van der Waals surface area contributed by atoms with Crippen molar-refractivity contribution in [1.29, 1.82) is 0 Å². The fraction of sp³-hybridized carbons (Fsp3) is 0.471. The van der Waals surface area contributed by atoms with Crippen LogP contribution in [-0.4, -0.2) is 0 Å². The molecule has 0 unspecified atom stereocenters. The van der Waals surface area contributed by atoms with Crippen molar-refractivity contribution in [2.75, 3.05) is 0 Å². The minimum absolute atomic E-state index is 0.00719. The summed E-state index contributed by atoms with van der Waals surface area (Å²) in [4.78, 5) is 25.3. The van der Waals surface area contributed by atoms with Crippen LogP contribution in [0.4, 0.5) is 0 Å². The monoisotopic (exact) mass is 516 g/mol. The standard InChI is InChI=1S/C34H45O2P/c1-31(2,3)22-16-18-24(27(20-22)33(7,8)9)25-14-13-15-29(37(35)36)30(25)26-19-17-23(32(4,5)6)21-28(26)34(10,11)12/h13-21H,1-12H3/q-2. The summed E-state index contributed by atoms with van der Waals surface area (Å²) in [6.45, 7) is 26.7. The van der Waals surface area contributed by atoms with Crippen molar-refractivity contribution in [3.8, 4) is 22.3 Å². The highest BCUT2D eigenvalue weighted by atomic mass is 31.2. The fourth-order valence-electron chi connectivity index (χ4n) is 4.92. The minimum Gasteiger partial charge on any atom is -0.838 e. The van der Waals surface area contributed by atoms with E-state index >= 15 is 0 Å². The molecule has 0 aliphatic carbocycles. The zero-order valence-electron chi connectivity index (χ0n) is 25.0. The summed E-state index contributed by atoms with van der Waals surface area (Å²) in [7, 11) is -2.79. The lowest BCUT2D eigenvalue weighted by atomic mass is 9.74. The molecule has 0 heterocycles. The molecule has 3 rings (SSSR count). The van der Waals surface area contributed by atoms with Gasteiger partial charge in [0.05, 0.1) is 0 Å². The van der Waals surface area contributed by atoms with Crippen LogP contribution < -0.4 is 15.1 Å². The highest BCUT2D eigenvalue weighted by Gasteiger charge is 2.28. The van der Waals surface area contributed by atoms with Gasteiger partial charge in [-0.15, -0.1) is 0 Å². The van der Waals surface area contributed by atoms with Crippen molar-refractivity contribution in [2.24, 2.45) is 0 Å². The van der Waals surface area contributed by atoms with Crippen molar-refractivity contribution in [3.05, 3.63) is 76.9 Å². The average Bonchev–Trinajstić information content (AvgIpc) is 2.75. The molecule has 2 nitrogen and oxygen atoms in total. The highest BCUT2D eigenvalue weighted by molar-refractivity contribution is 7.51. The first-order valence-corrected chi connectivity index (χ1v) is 14.5. The van der Waals surface area contributed by atoms with E-state index in [4.69, 9.17) is 0 Å². The maximum atomic E-state index is 12.7. The quantitative estimate of drug-likeness (QED) is 0.333. The zero-order valence-corrected chi connectivity index (χ0v) is 25.9. The normalized spacial score (nSPS) is 13.4. The van der Waals surface area contributed by atoms with Gasteiger partial charge in [-0.05, 0) is 71.5 Å². The fourth-order valence-corrected chi connectivity index (χ4v) is 5.55. The van der Waals surface area contributed by atoms with E-state index in [1.807, 2.05) is 6.07 Å².